The van der Waals surface area contributed by atoms with Crippen molar-refractivity contribution in [2.24, 2.45) is 0 Å². The Bertz CT molecular complexity index is 760. The first-order valence-corrected chi connectivity index (χ1v) is 8.85. The highest BCUT2D eigenvalue weighted by Crippen LogP contribution is 2.31. The molecule has 1 heterocycles. The van der Waals surface area contributed by atoms with E-state index in [1.807, 2.05) is 70.1 Å². The van der Waals surface area contributed by atoms with Gasteiger partial charge in [0.05, 0.1) is 31.1 Å². The zero-order chi connectivity index (χ0) is 20.0. The standard InChI is InChI=1S/C20H28N4O3/c1-13(2)27-17-9-7-15(11-18(17)26-6)14(3)22-20(25)23-16-8-10-19(21-12-16)24(4)5/h7-14H,1-6H3,(H2,22,23,25). The number of carbonyl (C=O) groups is 1. The van der Waals surface area contributed by atoms with Gasteiger partial charge in [-0.15, -0.1) is 0 Å². The Balaban J connectivity index is 2.01. The number of anilines is 2. The van der Waals surface area contributed by atoms with Gasteiger partial charge in [-0.25, -0.2) is 9.78 Å². The predicted octanol–water partition coefficient (Wildman–Crippen LogP) is 3.83. The van der Waals surface area contributed by atoms with E-state index in [1.54, 1.807) is 13.3 Å². The molecule has 7 heteroatoms. The summed E-state index contributed by atoms with van der Waals surface area (Å²) in [5, 5.41) is 5.70. The Morgan fingerprint density at radius 1 is 1.11 bits per heavy atom. The zero-order valence-electron chi connectivity index (χ0n) is 16.7. The average Bonchev–Trinajstić information content (AvgIpc) is 2.61. The van der Waals surface area contributed by atoms with E-state index in [2.05, 4.69) is 15.6 Å². The lowest BCUT2D eigenvalue weighted by atomic mass is 10.1. The van der Waals surface area contributed by atoms with E-state index in [4.69, 9.17) is 9.47 Å². The average molecular weight is 372 g/mol. The number of nitrogens with zero attached hydrogens (tertiary/aromatic N) is 2. The van der Waals surface area contributed by atoms with Gasteiger partial charge in [-0.2, -0.15) is 0 Å². The Kier molecular flexibility index (Phi) is 6.87. The van der Waals surface area contributed by atoms with Crippen LogP contribution in [0.2, 0.25) is 0 Å². The van der Waals surface area contributed by atoms with Gasteiger partial charge in [-0.05, 0) is 50.6 Å². The molecule has 0 aliphatic rings. The highest BCUT2D eigenvalue weighted by molar-refractivity contribution is 5.89. The van der Waals surface area contributed by atoms with Crippen molar-refractivity contribution >= 4 is 17.5 Å². The number of nitrogens with one attached hydrogen (secondary N) is 2. The Morgan fingerprint density at radius 2 is 1.85 bits per heavy atom. The summed E-state index contributed by atoms with van der Waals surface area (Å²) in [4.78, 5) is 18.4. The zero-order valence-corrected chi connectivity index (χ0v) is 16.7. The second-order valence-electron chi connectivity index (χ2n) is 6.70. The molecule has 0 fully saturated rings. The molecule has 1 unspecified atom stereocenters. The van der Waals surface area contributed by atoms with Crippen LogP contribution >= 0.6 is 0 Å². The van der Waals surface area contributed by atoms with E-state index >= 15 is 0 Å². The van der Waals surface area contributed by atoms with Gasteiger partial charge in [0.2, 0.25) is 0 Å². The lowest BCUT2D eigenvalue weighted by molar-refractivity contribution is 0.230. The summed E-state index contributed by atoms with van der Waals surface area (Å²) in [5.74, 6) is 2.14. The molecule has 7 nitrogen and oxygen atoms in total. The first kappa shape index (κ1) is 20.4. The fourth-order valence-electron chi connectivity index (χ4n) is 2.48. The fourth-order valence-corrected chi connectivity index (χ4v) is 2.48. The third-order valence-corrected chi connectivity index (χ3v) is 3.86. The van der Waals surface area contributed by atoms with E-state index in [-0.39, 0.29) is 18.2 Å². The molecule has 1 aromatic carbocycles. The van der Waals surface area contributed by atoms with Crippen LogP contribution in [0.25, 0.3) is 0 Å². The van der Waals surface area contributed by atoms with Gasteiger partial charge in [0.15, 0.2) is 11.5 Å². The minimum absolute atomic E-state index is 0.0542. The summed E-state index contributed by atoms with van der Waals surface area (Å²) in [6, 6.07) is 8.79. The van der Waals surface area contributed by atoms with Gasteiger partial charge < -0.3 is 25.0 Å². The fraction of sp³-hybridized carbons (Fsp3) is 0.400. The maximum Gasteiger partial charge on any atom is 0.319 e. The summed E-state index contributed by atoms with van der Waals surface area (Å²) in [6.45, 7) is 5.83. The molecule has 0 aliphatic heterocycles. The summed E-state index contributed by atoms with van der Waals surface area (Å²) in [7, 11) is 5.42. The maximum atomic E-state index is 12.3. The van der Waals surface area contributed by atoms with Crippen LogP contribution in [0.3, 0.4) is 0 Å². The monoisotopic (exact) mass is 372 g/mol. The quantitative estimate of drug-likeness (QED) is 0.773. The van der Waals surface area contributed by atoms with Crippen LogP contribution in [0.1, 0.15) is 32.4 Å². The molecule has 146 valence electrons. The number of methoxy groups -OCH3 is 1. The molecule has 27 heavy (non-hydrogen) atoms. The third-order valence-electron chi connectivity index (χ3n) is 3.86. The summed E-state index contributed by atoms with van der Waals surface area (Å²) in [5.41, 5.74) is 1.54. The van der Waals surface area contributed by atoms with Gasteiger partial charge in [0, 0.05) is 14.1 Å². The third kappa shape index (κ3) is 5.77. The molecule has 0 saturated carbocycles. The Hall–Kier alpha value is -2.96. The van der Waals surface area contributed by atoms with E-state index in [0.717, 1.165) is 11.4 Å². The number of benzene rings is 1. The number of ether oxygens (including phenoxy) is 2. The van der Waals surface area contributed by atoms with E-state index < -0.39 is 0 Å². The van der Waals surface area contributed by atoms with E-state index in [9.17, 15) is 4.79 Å². The molecule has 1 aromatic heterocycles. The number of aromatic nitrogens is 1. The van der Waals surface area contributed by atoms with Crippen molar-refractivity contribution in [3.8, 4) is 11.5 Å². The number of hydrogen-bond donors (Lipinski definition) is 2. The lowest BCUT2D eigenvalue weighted by Gasteiger charge is -2.18. The minimum atomic E-state index is -0.302. The number of carbonyl (C=O) groups excluding carboxylic acids is 1. The molecule has 2 aromatic rings. The van der Waals surface area contributed by atoms with Crippen LogP contribution in [-0.2, 0) is 0 Å². The highest BCUT2D eigenvalue weighted by atomic mass is 16.5. The lowest BCUT2D eigenvalue weighted by Crippen LogP contribution is -2.31. The van der Waals surface area contributed by atoms with Crippen molar-refractivity contribution in [3.63, 3.8) is 0 Å². The molecule has 0 bridgehead atoms. The van der Waals surface area contributed by atoms with Crippen molar-refractivity contribution in [1.29, 1.82) is 0 Å². The number of rotatable bonds is 7. The first-order chi connectivity index (χ1) is 12.8. The van der Waals surface area contributed by atoms with E-state index in [1.165, 1.54) is 0 Å². The second-order valence-corrected chi connectivity index (χ2v) is 6.70. The van der Waals surface area contributed by atoms with Crippen LogP contribution in [0.15, 0.2) is 36.5 Å². The summed E-state index contributed by atoms with van der Waals surface area (Å²) >= 11 is 0. The molecule has 2 rings (SSSR count). The molecule has 2 N–H and O–H groups in total. The molecule has 2 amide bonds. The number of amides is 2. The Labute approximate surface area is 160 Å². The normalized spacial score (nSPS) is 11.7. The van der Waals surface area contributed by atoms with E-state index in [0.29, 0.717) is 17.2 Å². The van der Waals surface area contributed by atoms with Crippen LogP contribution in [0, 0.1) is 0 Å². The van der Waals surface area contributed by atoms with Crippen molar-refractivity contribution in [2.45, 2.75) is 32.9 Å². The van der Waals surface area contributed by atoms with Crippen molar-refractivity contribution in [2.75, 3.05) is 31.4 Å². The number of urea groups is 1. The molecule has 0 radical (unpaired) electrons. The number of hydrogen-bond acceptors (Lipinski definition) is 5. The van der Waals surface area contributed by atoms with Gasteiger partial charge in [0.25, 0.3) is 0 Å². The largest absolute Gasteiger partial charge is 0.493 e. The molecule has 0 spiro atoms. The maximum absolute atomic E-state index is 12.3. The van der Waals surface area contributed by atoms with Crippen molar-refractivity contribution < 1.29 is 14.3 Å². The molecular weight excluding hydrogens is 344 g/mol. The topological polar surface area (TPSA) is 75.7 Å². The molecule has 0 aliphatic carbocycles. The van der Waals surface area contributed by atoms with Crippen LogP contribution in [-0.4, -0.2) is 38.3 Å². The molecular formula is C20H28N4O3. The van der Waals surface area contributed by atoms with Crippen LogP contribution in [0.4, 0.5) is 16.3 Å². The second kappa shape index (κ2) is 9.12. The van der Waals surface area contributed by atoms with Crippen molar-refractivity contribution in [1.82, 2.24) is 10.3 Å². The molecule has 1 atom stereocenters. The van der Waals surface area contributed by atoms with Crippen LogP contribution in [0.5, 0.6) is 11.5 Å². The van der Waals surface area contributed by atoms with Crippen molar-refractivity contribution in [3.05, 3.63) is 42.1 Å². The summed E-state index contributed by atoms with van der Waals surface area (Å²) < 4.78 is 11.1. The predicted molar refractivity (Wildman–Crippen MR) is 108 cm³/mol. The van der Waals surface area contributed by atoms with Gasteiger partial charge >= 0.3 is 6.03 Å². The Morgan fingerprint density at radius 3 is 2.41 bits per heavy atom. The first-order valence-electron chi connectivity index (χ1n) is 8.85. The minimum Gasteiger partial charge on any atom is -0.493 e. The van der Waals surface area contributed by atoms with Gasteiger partial charge in [-0.3, -0.25) is 0 Å². The summed E-state index contributed by atoms with van der Waals surface area (Å²) in [6.07, 6.45) is 1.68. The number of pyridine rings is 1. The van der Waals surface area contributed by atoms with Gasteiger partial charge in [0.1, 0.15) is 5.82 Å². The highest BCUT2D eigenvalue weighted by Gasteiger charge is 2.14. The van der Waals surface area contributed by atoms with Gasteiger partial charge in [-0.1, -0.05) is 6.07 Å². The smallest absolute Gasteiger partial charge is 0.319 e. The molecule has 0 saturated heterocycles. The van der Waals surface area contributed by atoms with Crippen LogP contribution < -0.4 is 25.0 Å². The SMILES string of the molecule is COc1cc(C(C)NC(=O)Nc2ccc(N(C)C)nc2)ccc1OC(C)C.